The van der Waals surface area contributed by atoms with Crippen LogP contribution in [0, 0.1) is 0 Å². The van der Waals surface area contributed by atoms with E-state index >= 15 is 0 Å². The number of hydrogen-bond acceptors (Lipinski definition) is 3. The minimum absolute atomic E-state index is 0.102. The summed E-state index contributed by atoms with van der Waals surface area (Å²) in [7, 11) is 1.65. The largest absolute Gasteiger partial charge is 0.385 e. The van der Waals surface area contributed by atoms with Crippen molar-refractivity contribution >= 4 is 23.4 Å². The molecule has 1 heterocycles. The number of ether oxygens (including phenoxy) is 1. The maximum atomic E-state index is 14.7. The van der Waals surface area contributed by atoms with Crippen molar-refractivity contribution in [2.75, 3.05) is 20.3 Å². The average molecular weight is 553 g/mol. The van der Waals surface area contributed by atoms with Gasteiger partial charge >= 0.3 is 0 Å². The van der Waals surface area contributed by atoms with E-state index in [-0.39, 0.29) is 11.8 Å². The van der Waals surface area contributed by atoms with Crippen LogP contribution in [-0.4, -0.2) is 37.0 Å². The van der Waals surface area contributed by atoms with Crippen molar-refractivity contribution in [1.82, 2.24) is 10.2 Å². The molecule has 1 N–H and O–H groups in total. The number of benzene rings is 4. The molecule has 4 aromatic rings. The van der Waals surface area contributed by atoms with Crippen LogP contribution in [-0.2, 0) is 27.9 Å². The number of fused-ring (bicyclic) bond motifs is 1. The lowest BCUT2D eigenvalue weighted by atomic mass is 9.63. The Balaban J connectivity index is 1.75. The molecule has 0 aliphatic carbocycles. The summed E-state index contributed by atoms with van der Waals surface area (Å²) < 4.78 is 5.23. The highest BCUT2D eigenvalue weighted by atomic mass is 35.5. The van der Waals surface area contributed by atoms with Crippen molar-refractivity contribution in [2.45, 2.75) is 30.8 Å². The second-order valence-electron chi connectivity index (χ2n) is 10.2. The zero-order chi connectivity index (χ0) is 28.0. The Labute approximate surface area is 240 Å². The molecule has 0 saturated carbocycles. The smallest absolute Gasteiger partial charge is 0.255 e. The topological polar surface area (TPSA) is 58.6 Å². The Hall–Kier alpha value is -3.93. The standard InChI is InChI=1S/C34H33ClN2O3/c1-40-22-10-21-36-33(39)34(23-25-11-4-2-5-12-25)30-16-9-8-15-29(30)32(38)37(24-26-13-6-3-7-14-26)31(34)27-17-19-28(35)20-18-27/h2-9,11-20,31H,10,21-24H2,1H3,(H,36,39)/t31?,34-/m0/s1. The van der Waals surface area contributed by atoms with Gasteiger partial charge in [-0.2, -0.15) is 0 Å². The summed E-state index contributed by atoms with van der Waals surface area (Å²) in [5.41, 5.74) is 3.03. The van der Waals surface area contributed by atoms with E-state index in [9.17, 15) is 9.59 Å². The van der Waals surface area contributed by atoms with Gasteiger partial charge in [-0.1, -0.05) is 103 Å². The summed E-state index contributed by atoms with van der Waals surface area (Å²) in [5.74, 6) is -0.222. The van der Waals surface area contributed by atoms with Crippen LogP contribution >= 0.6 is 11.6 Å². The minimum Gasteiger partial charge on any atom is -0.385 e. The number of carbonyl (C=O) groups excluding carboxylic acids is 2. The van der Waals surface area contributed by atoms with Crippen LogP contribution in [0.3, 0.4) is 0 Å². The Morgan fingerprint density at radius 1 is 0.875 bits per heavy atom. The minimum atomic E-state index is -1.11. The molecule has 2 atom stereocenters. The van der Waals surface area contributed by atoms with Crippen LogP contribution in [0.4, 0.5) is 0 Å². The summed E-state index contributed by atoms with van der Waals surface area (Å²) in [6.45, 7) is 1.36. The van der Waals surface area contributed by atoms with Crippen LogP contribution < -0.4 is 5.32 Å². The van der Waals surface area contributed by atoms with Gasteiger partial charge in [0, 0.05) is 37.4 Å². The van der Waals surface area contributed by atoms with Gasteiger partial charge in [-0.3, -0.25) is 9.59 Å². The van der Waals surface area contributed by atoms with Gasteiger partial charge in [0.1, 0.15) is 5.41 Å². The number of nitrogens with zero attached hydrogens (tertiary/aromatic N) is 1. The number of amides is 2. The first kappa shape index (κ1) is 27.6. The summed E-state index contributed by atoms with van der Waals surface area (Å²) in [4.78, 5) is 30.8. The third-order valence-corrected chi connectivity index (χ3v) is 7.85. The fourth-order valence-electron chi connectivity index (χ4n) is 5.81. The zero-order valence-electron chi connectivity index (χ0n) is 22.6. The molecule has 5 nitrogen and oxygen atoms in total. The molecule has 0 spiro atoms. The normalized spacial score (nSPS) is 18.3. The molecular formula is C34H33ClN2O3. The van der Waals surface area contributed by atoms with E-state index in [0.29, 0.717) is 43.1 Å². The Kier molecular flexibility index (Phi) is 8.63. The van der Waals surface area contributed by atoms with Crippen LogP contribution in [0.2, 0.25) is 5.02 Å². The molecule has 0 fully saturated rings. The predicted molar refractivity (Wildman–Crippen MR) is 158 cm³/mol. The van der Waals surface area contributed by atoms with Crippen LogP contribution in [0.5, 0.6) is 0 Å². The Morgan fingerprint density at radius 2 is 1.50 bits per heavy atom. The highest BCUT2D eigenvalue weighted by Crippen LogP contribution is 2.50. The number of nitrogens with one attached hydrogen (secondary N) is 1. The molecule has 1 aliphatic heterocycles. The monoisotopic (exact) mass is 552 g/mol. The summed E-state index contributed by atoms with van der Waals surface area (Å²) in [6.07, 6.45) is 1.09. The third kappa shape index (κ3) is 5.53. The van der Waals surface area contributed by atoms with Crippen LogP contribution in [0.25, 0.3) is 0 Å². The van der Waals surface area contributed by atoms with Gasteiger partial charge in [-0.25, -0.2) is 0 Å². The Bertz CT molecular complexity index is 1440. The quantitative estimate of drug-likeness (QED) is 0.233. The SMILES string of the molecule is COCCCNC(=O)[C@@]1(Cc2ccccc2)c2ccccc2C(=O)N(Cc2ccccc2)C1c1ccc(Cl)cc1. The molecule has 2 amide bonds. The average Bonchev–Trinajstić information content (AvgIpc) is 2.99. The van der Waals surface area contributed by atoms with Gasteiger partial charge in [0.25, 0.3) is 5.91 Å². The molecule has 0 aromatic heterocycles. The number of hydrogen-bond donors (Lipinski definition) is 1. The van der Waals surface area contributed by atoms with Crippen molar-refractivity contribution < 1.29 is 14.3 Å². The molecular weight excluding hydrogens is 520 g/mol. The first-order chi connectivity index (χ1) is 19.5. The molecule has 4 aromatic carbocycles. The van der Waals surface area contributed by atoms with E-state index in [0.717, 1.165) is 22.3 Å². The van der Waals surface area contributed by atoms with Gasteiger partial charge in [-0.05, 0) is 53.3 Å². The predicted octanol–water partition coefficient (Wildman–Crippen LogP) is 6.37. The van der Waals surface area contributed by atoms with Gasteiger partial charge in [0.15, 0.2) is 0 Å². The first-order valence-electron chi connectivity index (χ1n) is 13.6. The fourth-order valence-corrected chi connectivity index (χ4v) is 5.94. The lowest BCUT2D eigenvalue weighted by Crippen LogP contribution is -2.59. The molecule has 40 heavy (non-hydrogen) atoms. The van der Waals surface area contributed by atoms with Crippen molar-refractivity contribution in [3.05, 3.63) is 142 Å². The molecule has 0 saturated heterocycles. The van der Waals surface area contributed by atoms with E-state index in [1.165, 1.54) is 0 Å². The van der Waals surface area contributed by atoms with Crippen molar-refractivity contribution in [1.29, 1.82) is 0 Å². The highest BCUT2D eigenvalue weighted by molar-refractivity contribution is 6.30. The molecule has 204 valence electrons. The molecule has 1 unspecified atom stereocenters. The summed E-state index contributed by atoms with van der Waals surface area (Å²) in [6, 6.07) is 34.4. The maximum Gasteiger partial charge on any atom is 0.255 e. The number of methoxy groups -OCH3 is 1. The number of rotatable bonds is 10. The van der Waals surface area contributed by atoms with Crippen molar-refractivity contribution in [2.24, 2.45) is 0 Å². The summed E-state index contributed by atoms with van der Waals surface area (Å²) in [5, 5.41) is 3.81. The van der Waals surface area contributed by atoms with Gasteiger partial charge in [0.2, 0.25) is 5.91 Å². The van der Waals surface area contributed by atoms with Crippen LogP contribution in [0.15, 0.2) is 109 Å². The van der Waals surface area contributed by atoms with Crippen molar-refractivity contribution in [3.63, 3.8) is 0 Å². The van der Waals surface area contributed by atoms with Gasteiger partial charge in [0.05, 0.1) is 6.04 Å². The van der Waals surface area contributed by atoms with E-state index in [4.69, 9.17) is 16.3 Å². The molecule has 5 rings (SSSR count). The second kappa shape index (κ2) is 12.5. The second-order valence-corrected chi connectivity index (χ2v) is 10.6. The van der Waals surface area contributed by atoms with Crippen LogP contribution in [0.1, 0.15) is 45.1 Å². The van der Waals surface area contributed by atoms with Gasteiger partial charge in [-0.15, -0.1) is 0 Å². The molecule has 1 aliphatic rings. The van der Waals surface area contributed by atoms with E-state index < -0.39 is 11.5 Å². The number of carbonyl (C=O) groups is 2. The Morgan fingerprint density at radius 3 is 2.17 bits per heavy atom. The maximum absolute atomic E-state index is 14.7. The first-order valence-corrected chi connectivity index (χ1v) is 13.9. The van der Waals surface area contributed by atoms with E-state index in [1.807, 2.05) is 114 Å². The highest BCUT2D eigenvalue weighted by Gasteiger charge is 2.56. The van der Waals surface area contributed by atoms with E-state index in [1.54, 1.807) is 7.11 Å². The zero-order valence-corrected chi connectivity index (χ0v) is 23.3. The molecule has 0 radical (unpaired) electrons. The molecule has 0 bridgehead atoms. The number of halogens is 1. The fraction of sp³-hybridized carbons (Fsp3) is 0.235. The third-order valence-electron chi connectivity index (χ3n) is 7.60. The van der Waals surface area contributed by atoms with E-state index in [2.05, 4.69) is 5.32 Å². The lowest BCUT2D eigenvalue weighted by molar-refractivity contribution is -0.130. The van der Waals surface area contributed by atoms with Crippen molar-refractivity contribution in [3.8, 4) is 0 Å². The molecule has 6 heteroatoms. The summed E-state index contributed by atoms with van der Waals surface area (Å²) >= 11 is 6.32. The van der Waals surface area contributed by atoms with Gasteiger partial charge < -0.3 is 15.0 Å². The lowest BCUT2D eigenvalue weighted by Gasteiger charge is -2.50.